The number of nitrogens with zero attached hydrogens (tertiary/aromatic N) is 2. The first-order valence-electron chi connectivity index (χ1n) is 10.4. The van der Waals surface area contributed by atoms with Gasteiger partial charge in [-0.1, -0.05) is 30.3 Å². The molecule has 0 saturated heterocycles. The minimum Gasteiger partial charge on any atom is -0.504 e. The van der Waals surface area contributed by atoms with Crippen molar-refractivity contribution in [2.45, 2.75) is 6.54 Å². The van der Waals surface area contributed by atoms with E-state index in [2.05, 4.69) is 17.2 Å². The molecule has 0 saturated carbocycles. The number of methoxy groups -OCH3 is 4. The predicted octanol–water partition coefficient (Wildman–Crippen LogP) is 5.01. The van der Waals surface area contributed by atoms with Crippen molar-refractivity contribution in [3.05, 3.63) is 72.4 Å². The Bertz CT molecular complexity index is 1230. The average molecular weight is 447 g/mol. The monoisotopic (exact) mass is 446 g/mol. The maximum absolute atomic E-state index is 10.5. The summed E-state index contributed by atoms with van der Waals surface area (Å²) in [7, 11) is 6.27. The van der Waals surface area contributed by atoms with E-state index in [1.165, 1.54) is 7.11 Å². The Morgan fingerprint density at radius 1 is 0.758 bits per heavy atom. The summed E-state index contributed by atoms with van der Waals surface area (Å²) in [6, 6.07) is 19.2. The molecule has 7 heteroatoms. The van der Waals surface area contributed by atoms with Crippen LogP contribution < -0.4 is 18.9 Å². The molecule has 33 heavy (non-hydrogen) atoms. The molecule has 0 aliphatic carbocycles. The molecule has 0 atom stereocenters. The third-order valence-electron chi connectivity index (χ3n) is 5.44. The topological polar surface area (TPSA) is 75.0 Å². The first kappa shape index (κ1) is 22.1. The Kier molecular flexibility index (Phi) is 6.40. The van der Waals surface area contributed by atoms with Crippen molar-refractivity contribution >= 4 is 0 Å². The van der Waals surface area contributed by atoms with Crippen molar-refractivity contribution in [2.24, 2.45) is 0 Å². The highest BCUT2D eigenvalue weighted by molar-refractivity contribution is 5.84. The van der Waals surface area contributed by atoms with Gasteiger partial charge in [0.2, 0.25) is 5.75 Å². The summed E-state index contributed by atoms with van der Waals surface area (Å²) in [4.78, 5) is 0. The molecule has 0 aliphatic heterocycles. The van der Waals surface area contributed by atoms with Gasteiger partial charge in [-0.05, 0) is 41.5 Å². The summed E-state index contributed by atoms with van der Waals surface area (Å²) < 4.78 is 23.7. The van der Waals surface area contributed by atoms with E-state index in [-0.39, 0.29) is 5.75 Å². The normalized spacial score (nSPS) is 10.7. The predicted molar refractivity (Wildman–Crippen MR) is 127 cm³/mol. The van der Waals surface area contributed by atoms with E-state index in [0.29, 0.717) is 29.5 Å². The highest BCUT2D eigenvalue weighted by Crippen LogP contribution is 2.44. The number of aromatic hydroxyl groups is 1. The number of phenolic OH excluding ortho intramolecular Hbond substituents is 1. The fourth-order valence-corrected chi connectivity index (χ4v) is 3.85. The Labute approximate surface area is 192 Å². The molecule has 4 aromatic rings. The number of phenols is 1. The number of hydrogen-bond acceptors (Lipinski definition) is 6. The van der Waals surface area contributed by atoms with Crippen molar-refractivity contribution in [2.75, 3.05) is 28.4 Å². The highest BCUT2D eigenvalue weighted by atomic mass is 16.5. The average Bonchev–Trinajstić information content (AvgIpc) is 3.26. The van der Waals surface area contributed by atoms with Crippen LogP contribution in [-0.2, 0) is 6.54 Å². The summed E-state index contributed by atoms with van der Waals surface area (Å²) in [6.07, 6.45) is 1.81. The van der Waals surface area contributed by atoms with Crippen LogP contribution in [0.5, 0.6) is 28.7 Å². The lowest BCUT2D eigenvalue weighted by atomic mass is 10.00. The maximum Gasteiger partial charge on any atom is 0.203 e. The standard InChI is InChI=1S/C26H26N2O5/c1-30-22-11-10-18(12-21(22)29)25-20(15-27-28(25)16-17-8-6-5-7-9-17)19-13-23(31-2)26(33-4)24(14-19)32-3/h5-15,29H,16H2,1-4H3. The third kappa shape index (κ3) is 4.30. The van der Waals surface area contributed by atoms with Crippen LogP contribution in [0.2, 0.25) is 0 Å². The zero-order chi connectivity index (χ0) is 23.4. The Balaban J connectivity index is 1.91. The van der Waals surface area contributed by atoms with Crippen LogP contribution in [0.3, 0.4) is 0 Å². The molecule has 1 N–H and O–H groups in total. The van der Waals surface area contributed by atoms with Crippen molar-refractivity contribution in [3.8, 4) is 51.1 Å². The molecule has 1 aromatic heterocycles. The van der Waals surface area contributed by atoms with Gasteiger partial charge in [0.1, 0.15) is 0 Å². The Hall–Kier alpha value is -4.13. The molecular formula is C26H26N2O5. The summed E-state index contributed by atoms with van der Waals surface area (Å²) in [6.45, 7) is 0.563. The lowest BCUT2D eigenvalue weighted by Crippen LogP contribution is -2.04. The molecular weight excluding hydrogens is 420 g/mol. The van der Waals surface area contributed by atoms with Crippen LogP contribution >= 0.6 is 0 Å². The first-order chi connectivity index (χ1) is 16.1. The molecule has 0 radical (unpaired) electrons. The number of benzene rings is 3. The van der Waals surface area contributed by atoms with Gasteiger partial charge in [0.25, 0.3) is 0 Å². The van der Waals surface area contributed by atoms with Gasteiger partial charge in [-0.15, -0.1) is 0 Å². The van der Waals surface area contributed by atoms with Gasteiger partial charge < -0.3 is 24.1 Å². The van der Waals surface area contributed by atoms with Crippen LogP contribution in [-0.4, -0.2) is 43.3 Å². The number of aromatic nitrogens is 2. The molecule has 0 unspecified atom stereocenters. The molecule has 170 valence electrons. The number of rotatable bonds is 8. The summed E-state index contributed by atoms with van der Waals surface area (Å²) >= 11 is 0. The summed E-state index contributed by atoms with van der Waals surface area (Å²) in [5.74, 6) is 2.07. The van der Waals surface area contributed by atoms with Gasteiger partial charge >= 0.3 is 0 Å². The van der Waals surface area contributed by atoms with Gasteiger partial charge in [0, 0.05) is 11.1 Å². The van der Waals surface area contributed by atoms with Crippen molar-refractivity contribution in [1.82, 2.24) is 9.78 Å². The van der Waals surface area contributed by atoms with Crippen LogP contribution in [0.25, 0.3) is 22.4 Å². The minimum absolute atomic E-state index is 0.0540. The molecule has 4 rings (SSSR count). The largest absolute Gasteiger partial charge is 0.504 e. The van der Waals surface area contributed by atoms with E-state index in [4.69, 9.17) is 18.9 Å². The van der Waals surface area contributed by atoms with Crippen LogP contribution in [0.4, 0.5) is 0 Å². The number of ether oxygens (including phenoxy) is 4. The molecule has 0 spiro atoms. The van der Waals surface area contributed by atoms with E-state index in [9.17, 15) is 5.11 Å². The Morgan fingerprint density at radius 2 is 1.42 bits per heavy atom. The van der Waals surface area contributed by atoms with Gasteiger partial charge in [-0.3, -0.25) is 4.68 Å². The minimum atomic E-state index is 0.0540. The van der Waals surface area contributed by atoms with Crippen molar-refractivity contribution in [3.63, 3.8) is 0 Å². The lowest BCUT2D eigenvalue weighted by molar-refractivity contribution is 0.324. The second kappa shape index (κ2) is 9.56. The van der Waals surface area contributed by atoms with Crippen LogP contribution in [0.1, 0.15) is 5.56 Å². The fraction of sp³-hybridized carbons (Fsp3) is 0.192. The molecule has 7 nitrogen and oxygen atoms in total. The van der Waals surface area contributed by atoms with Gasteiger partial charge in [-0.2, -0.15) is 5.10 Å². The third-order valence-corrected chi connectivity index (χ3v) is 5.44. The highest BCUT2D eigenvalue weighted by Gasteiger charge is 2.20. The Morgan fingerprint density at radius 3 is 2.00 bits per heavy atom. The SMILES string of the molecule is COc1ccc(-c2c(-c3cc(OC)c(OC)c(OC)c3)cnn2Cc2ccccc2)cc1O. The first-order valence-corrected chi connectivity index (χ1v) is 10.4. The molecule has 0 bridgehead atoms. The van der Waals surface area contributed by atoms with E-state index in [1.807, 2.05) is 41.1 Å². The molecule has 0 fully saturated rings. The molecule has 0 aliphatic rings. The zero-order valence-corrected chi connectivity index (χ0v) is 19.0. The molecule has 0 amide bonds. The van der Waals surface area contributed by atoms with Crippen LogP contribution in [0.15, 0.2) is 66.9 Å². The second-order valence-electron chi connectivity index (χ2n) is 7.35. The van der Waals surface area contributed by atoms with Gasteiger partial charge in [0.05, 0.1) is 46.9 Å². The van der Waals surface area contributed by atoms with E-state index in [0.717, 1.165) is 27.9 Å². The number of hydrogen-bond donors (Lipinski definition) is 1. The zero-order valence-electron chi connectivity index (χ0n) is 19.0. The van der Waals surface area contributed by atoms with Crippen molar-refractivity contribution < 1.29 is 24.1 Å². The smallest absolute Gasteiger partial charge is 0.203 e. The van der Waals surface area contributed by atoms with Crippen LogP contribution in [0, 0.1) is 0 Å². The maximum atomic E-state index is 10.5. The van der Waals surface area contributed by atoms with E-state index >= 15 is 0 Å². The van der Waals surface area contributed by atoms with Gasteiger partial charge in [0.15, 0.2) is 23.0 Å². The van der Waals surface area contributed by atoms with Gasteiger partial charge in [-0.25, -0.2) is 0 Å². The van der Waals surface area contributed by atoms with Crippen molar-refractivity contribution in [1.29, 1.82) is 0 Å². The molecule has 1 heterocycles. The van der Waals surface area contributed by atoms with E-state index < -0.39 is 0 Å². The summed E-state index contributed by atoms with van der Waals surface area (Å²) in [5.41, 5.74) is 4.44. The summed E-state index contributed by atoms with van der Waals surface area (Å²) in [5, 5.41) is 15.1. The molecule has 3 aromatic carbocycles. The van der Waals surface area contributed by atoms with E-state index in [1.54, 1.807) is 39.7 Å². The fourth-order valence-electron chi connectivity index (χ4n) is 3.85. The quantitative estimate of drug-likeness (QED) is 0.410. The lowest BCUT2D eigenvalue weighted by Gasteiger charge is -2.15. The second-order valence-corrected chi connectivity index (χ2v) is 7.35.